The smallest absolute Gasteiger partial charge is 0.0599 e. The maximum atomic E-state index is 5.63. The third-order valence-electron chi connectivity index (χ3n) is 3.78. The molecule has 1 aliphatic heterocycles. The molecule has 0 atom stereocenters. The van der Waals surface area contributed by atoms with Crippen molar-refractivity contribution in [2.45, 2.75) is 19.3 Å². The predicted molar refractivity (Wildman–Crippen MR) is 83.3 cm³/mol. The highest BCUT2D eigenvalue weighted by molar-refractivity contribution is 5.34. The fraction of sp³-hybridized carbons (Fsp3) is 0.562. The van der Waals surface area contributed by atoms with Crippen LogP contribution in [0.25, 0.3) is 0 Å². The lowest BCUT2D eigenvalue weighted by Crippen LogP contribution is -2.46. The molecule has 108 valence electrons. The molecule has 2 heterocycles. The van der Waals surface area contributed by atoms with Crippen LogP contribution in [0.4, 0.5) is 5.69 Å². The monoisotopic (exact) mass is 272 g/mol. The van der Waals surface area contributed by atoms with Gasteiger partial charge in [-0.05, 0) is 37.9 Å². The Hall–Kier alpha value is -1.57. The zero-order valence-corrected chi connectivity index (χ0v) is 12.1. The van der Waals surface area contributed by atoms with Gasteiger partial charge in [-0.25, -0.2) is 0 Å². The number of hydrogen-bond acceptors (Lipinski definition) is 4. The summed E-state index contributed by atoms with van der Waals surface area (Å²) in [7, 11) is 0. The lowest BCUT2D eigenvalue weighted by Gasteiger charge is -2.33. The second-order valence-electron chi connectivity index (χ2n) is 5.36. The molecule has 20 heavy (non-hydrogen) atoms. The summed E-state index contributed by atoms with van der Waals surface area (Å²) >= 11 is 0. The molecule has 1 saturated heterocycles. The van der Waals surface area contributed by atoms with Crippen LogP contribution in [0.3, 0.4) is 0 Å². The summed E-state index contributed by atoms with van der Waals surface area (Å²) in [6, 6.07) is 3.95. The minimum Gasteiger partial charge on any atom is -0.397 e. The Labute approximate surface area is 122 Å². The van der Waals surface area contributed by atoms with E-state index in [-0.39, 0.29) is 0 Å². The molecule has 1 aromatic heterocycles. The molecular weight excluding hydrogens is 248 g/mol. The van der Waals surface area contributed by atoms with E-state index >= 15 is 0 Å². The molecule has 1 aliphatic rings. The molecule has 0 aromatic carbocycles. The van der Waals surface area contributed by atoms with E-state index in [9.17, 15) is 0 Å². The molecule has 0 aliphatic carbocycles. The number of anilines is 1. The van der Waals surface area contributed by atoms with Gasteiger partial charge in [-0.2, -0.15) is 0 Å². The minimum absolute atomic E-state index is 0.735. The Bertz CT molecular complexity index is 427. The van der Waals surface area contributed by atoms with E-state index in [4.69, 9.17) is 12.2 Å². The number of aromatic nitrogens is 1. The van der Waals surface area contributed by atoms with Gasteiger partial charge in [0.25, 0.3) is 0 Å². The zero-order valence-electron chi connectivity index (χ0n) is 12.1. The summed E-state index contributed by atoms with van der Waals surface area (Å²) in [4.78, 5) is 9.20. The number of nitrogen functional groups attached to an aromatic ring is 1. The summed E-state index contributed by atoms with van der Waals surface area (Å²) < 4.78 is 0. The van der Waals surface area contributed by atoms with Crippen molar-refractivity contribution in [3.05, 3.63) is 24.0 Å². The predicted octanol–water partition coefficient (Wildman–Crippen LogP) is 1.24. The van der Waals surface area contributed by atoms with Crippen molar-refractivity contribution >= 4 is 5.69 Å². The number of aryl methyl sites for hydroxylation is 1. The number of unbranched alkanes of at least 4 members (excludes halogenated alkanes) is 1. The number of nitrogens with zero attached hydrogens (tertiary/aromatic N) is 3. The van der Waals surface area contributed by atoms with E-state index in [1.165, 1.54) is 19.4 Å². The van der Waals surface area contributed by atoms with Gasteiger partial charge in [-0.1, -0.05) is 5.92 Å². The van der Waals surface area contributed by atoms with Crippen molar-refractivity contribution in [2.75, 3.05) is 45.0 Å². The van der Waals surface area contributed by atoms with Crippen LogP contribution in [0, 0.1) is 12.3 Å². The zero-order chi connectivity index (χ0) is 14.2. The van der Waals surface area contributed by atoms with E-state index in [0.717, 1.165) is 50.5 Å². The van der Waals surface area contributed by atoms with Crippen molar-refractivity contribution < 1.29 is 0 Å². The van der Waals surface area contributed by atoms with Crippen LogP contribution in [0.2, 0.25) is 0 Å². The molecule has 2 N–H and O–H groups in total. The first-order valence-electron chi connectivity index (χ1n) is 7.36. The van der Waals surface area contributed by atoms with Gasteiger partial charge >= 0.3 is 0 Å². The van der Waals surface area contributed by atoms with Crippen LogP contribution in [-0.4, -0.2) is 54.1 Å². The lowest BCUT2D eigenvalue weighted by molar-refractivity contribution is 0.142. The fourth-order valence-corrected chi connectivity index (χ4v) is 2.53. The van der Waals surface area contributed by atoms with Crippen molar-refractivity contribution in [2.24, 2.45) is 0 Å². The van der Waals surface area contributed by atoms with Crippen molar-refractivity contribution in [3.8, 4) is 12.3 Å². The van der Waals surface area contributed by atoms with Crippen molar-refractivity contribution in [1.29, 1.82) is 0 Å². The van der Waals surface area contributed by atoms with Crippen LogP contribution in [0.5, 0.6) is 0 Å². The highest BCUT2D eigenvalue weighted by Crippen LogP contribution is 2.07. The van der Waals surface area contributed by atoms with E-state index in [2.05, 4.69) is 20.7 Å². The van der Waals surface area contributed by atoms with E-state index in [1.807, 2.05) is 12.1 Å². The number of piperazine rings is 1. The topological polar surface area (TPSA) is 45.4 Å². The molecule has 2 rings (SSSR count). The molecule has 0 radical (unpaired) electrons. The Morgan fingerprint density at radius 1 is 1.15 bits per heavy atom. The maximum Gasteiger partial charge on any atom is 0.0599 e. The molecule has 4 nitrogen and oxygen atoms in total. The van der Waals surface area contributed by atoms with Gasteiger partial charge in [0, 0.05) is 31.9 Å². The minimum atomic E-state index is 0.735. The number of hydrogen-bond donors (Lipinski definition) is 1. The quantitative estimate of drug-likeness (QED) is 0.625. The third-order valence-corrected chi connectivity index (χ3v) is 3.78. The molecule has 4 heteroatoms. The van der Waals surface area contributed by atoms with Crippen LogP contribution >= 0.6 is 0 Å². The first kappa shape index (κ1) is 14.8. The summed E-state index contributed by atoms with van der Waals surface area (Å²) in [5.74, 6) is 2.72. The molecule has 0 spiro atoms. The van der Waals surface area contributed by atoms with Crippen molar-refractivity contribution in [3.63, 3.8) is 0 Å². The Morgan fingerprint density at radius 3 is 2.55 bits per heavy atom. The summed E-state index contributed by atoms with van der Waals surface area (Å²) in [6.45, 7) is 6.45. The summed E-state index contributed by atoms with van der Waals surface area (Å²) in [6.07, 6.45) is 10.5. The lowest BCUT2D eigenvalue weighted by atomic mass is 10.1. The number of nitrogens with two attached hydrogens (primary N) is 1. The second-order valence-corrected chi connectivity index (χ2v) is 5.36. The fourth-order valence-electron chi connectivity index (χ4n) is 2.53. The van der Waals surface area contributed by atoms with Gasteiger partial charge in [0.05, 0.1) is 18.4 Å². The number of pyridine rings is 1. The number of terminal acetylenes is 1. The van der Waals surface area contributed by atoms with E-state index in [0.29, 0.717) is 0 Å². The Balaban J connectivity index is 1.58. The van der Waals surface area contributed by atoms with Gasteiger partial charge < -0.3 is 10.6 Å². The normalized spacial score (nSPS) is 16.9. The third kappa shape index (κ3) is 4.84. The van der Waals surface area contributed by atoms with Crippen LogP contribution in [0.1, 0.15) is 18.5 Å². The highest BCUT2D eigenvalue weighted by Gasteiger charge is 2.15. The second kappa shape index (κ2) is 7.88. The average Bonchev–Trinajstić information content (AvgIpc) is 2.47. The molecule has 1 aromatic rings. The first-order chi connectivity index (χ1) is 9.78. The molecule has 0 unspecified atom stereocenters. The first-order valence-corrected chi connectivity index (χ1v) is 7.36. The van der Waals surface area contributed by atoms with Gasteiger partial charge in [0.2, 0.25) is 0 Å². The number of rotatable bonds is 6. The van der Waals surface area contributed by atoms with Gasteiger partial charge in [-0.3, -0.25) is 9.88 Å². The Morgan fingerprint density at radius 2 is 1.90 bits per heavy atom. The van der Waals surface area contributed by atoms with Gasteiger partial charge in [0.1, 0.15) is 0 Å². The van der Waals surface area contributed by atoms with Crippen LogP contribution in [-0.2, 0) is 6.42 Å². The molecule has 1 fully saturated rings. The molecule has 0 amide bonds. The summed E-state index contributed by atoms with van der Waals surface area (Å²) in [5.41, 5.74) is 7.50. The van der Waals surface area contributed by atoms with Gasteiger partial charge in [-0.15, -0.1) is 6.42 Å². The average molecular weight is 272 g/mol. The van der Waals surface area contributed by atoms with Crippen LogP contribution in [0.15, 0.2) is 18.3 Å². The standard InChI is InChI=1S/C16H24N4/c1-2-8-19-10-12-20(13-11-19)9-4-3-5-16-7-6-15(17)14-18-16/h1,6-7,14H,3-5,8-13,17H2. The maximum absolute atomic E-state index is 5.63. The Kier molecular flexibility index (Phi) is 5.85. The van der Waals surface area contributed by atoms with Gasteiger partial charge in [0.15, 0.2) is 0 Å². The molecular formula is C16H24N4. The molecule has 0 saturated carbocycles. The summed E-state index contributed by atoms with van der Waals surface area (Å²) in [5, 5.41) is 0. The molecule has 0 bridgehead atoms. The SMILES string of the molecule is C#CCN1CCN(CCCCc2ccc(N)cn2)CC1. The largest absolute Gasteiger partial charge is 0.397 e. The highest BCUT2D eigenvalue weighted by atomic mass is 15.3. The van der Waals surface area contributed by atoms with Crippen molar-refractivity contribution in [1.82, 2.24) is 14.8 Å². The van der Waals surface area contributed by atoms with E-state index < -0.39 is 0 Å². The van der Waals surface area contributed by atoms with E-state index in [1.54, 1.807) is 6.20 Å². The van der Waals surface area contributed by atoms with Crippen LogP contribution < -0.4 is 5.73 Å².